The number of aromatic amines is 1. The fourth-order valence-electron chi connectivity index (χ4n) is 2.00. The van der Waals surface area contributed by atoms with Gasteiger partial charge in [0.2, 0.25) is 0 Å². The van der Waals surface area contributed by atoms with E-state index in [4.69, 9.17) is 5.11 Å². The van der Waals surface area contributed by atoms with Crippen molar-refractivity contribution in [2.24, 2.45) is 5.92 Å². The molecule has 0 bridgehead atoms. The Kier molecular flexibility index (Phi) is 3.03. The van der Waals surface area contributed by atoms with E-state index in [0.717, 1.165) is 6.42 Å². The van der Waals surface area contributed by atoms with Gasteiger partial charge in [-0.1, -0.05) is 6.92 Å². The van der Waals surface area contributed by atoms with Gasteiger partial charge in [-0.3, -0.25) is 4.79 Å². The van der Waals surface area contributed by atoms with Crippen LogP contribution in [0.4, 0.5) is 0 Å². The van der Waals surface area contributed by atoms with E-state index >= 15 is 0 Å². The lowest BCUT2D eigenvalue weighted by atomic mass is 9.92. The summed E-state index contributed by atoms with van der Waals surface area (Å²) >= 11 is 0. The van der Waals surface area contributed by atoms with E-state index in [1.165, 1.54) is 4.90 Å². The van der Waals surface area contributed by atoms with Gasteiger partial charge in [0.1, 0.15) is 6.04 Å². The minimum atomic E-state index is -0.992. The smallest absolute Gasteiger partial charge is 0.326 e. The van der Waals surface area contributed by atoms with E-state index in [1.54, 1.807) is 0 Å². The molecule has 92 valence electrons. The number of aliphatic carboxylic acids is 1. The maximum Gasteiger partial charge on any atom is 0.326 e. The van der Waals surface area contributed by atoms with Crippen LogP contribution in [0.1, 0.15) is 30.4 Å². The van der Waals surface area contributed by atoms with Crippen LogP contribution < -0.4 is 0 Å². The van der Waals surface area contributed by atoms with Crippen molar-refractivity contribution < 1.29 is 14.7 Å². The van der Waals surface area contributed by atoms with Gasteiger partial charge in [-0.25, -0.2) is 4.79 Å². The number of rotatable bonds is 2. The fraction of sp³-hybridized carbons (Fsp3) is 0.667. The molecule has 17 heavy (non-hydrogen) atoms. The molecule has 0 radical (unpaired) electrons. The lowest BCUT2D eigenvalue weighted by Gasteiger charge is -2.35. The van der Waals surface area contributed by atoms with E-state index in [-0.39, 0.29) is 5.82 Å². The number of hydrogen-bond acceptors (Lipinski definition) is 5. The van der Waals surface area contributed by atoms with Gasteiger partial charge < -0.3 is 10.0 Å². The van der Waals surface area contributed by atoms with Gasteiger partial charge in [-0.15, -0.1) is 10.2 Å². The van der Waals surface area contributed by atoms with Crippen LogP contribution in [-0.4, -0.2) is 55.1 Å². The molecule has 1 amide bonds. The number of nitrogens with zero attached hydrogens (tertiary/aromatic N) is 4. The summed E-state index contributed by atoms with van der Waals surface area (Å²) < 4.78 is 0. The average Bonchev–Trinajstić information content (AvgIpc) is 2.81. The van der Waals surface area contributed by atoms with Crippen LogP contribution in [0, 0.1) is 5.92 Å². The van der Waals surface area contributed by atoms with Crippen molar-refractivity contribution in [1.29, 1.82) is 0 Å². The van der Waals surface area contributed by atoms with Crippen molar-refractivity contribution in [1.82, 2.24) is 25.5 Å². The molecule has 8 nitrogen and oxygen atoms in total. The lowest BCUT2D eigenvalue weighted by Crippen LogP contribution is -2.50. The SMILES string of the molecule is CC1CCN(C(=O)c2nn[nH]n2)C(C(=O)O)C1. The third kappa shape index (κ3) is 2.24. The Morgan fingerprint density at radius 3 is 2.88 bits per heavy atom. The van der Waals surface area contributed by atoms with Crippen molar-refractivity contribution in [3.05, 3.63) is 5.82 Å². The number of carbonyl (C=O) groups excluding carboxylic acids is 1. The van der Waals surface area contributed by atoms with E-state index in [9.17, 15) is 9.59 Å². The second-order valence-electron chi connectivity index (χ2n) is 4.22. The Labute approximate surface area is 97.0 Å². The normalized spacial score (nSPS) is 24.6. The zero-order valence-electron chi connectivity index (χ0n) is 9.33. The number of piperidine rings is 1. The highest BCUT2D eigenvalue weighted by molar-refractivity contribution is 5.93. The highest BCUT2D eigenvalue weighted by Gasteiger charge is 2.36. The number of H-pyrrole nitrogens is 1. The van der Waals surface area contributed by atoms with Crippen LogP contribution in [-0.2, 0) is 4.79 Å². The summed E-state index contributed by atoms with van der Waals surface area (Å²) in [5.41, 5.74) is 0. The molecule has 2 N–H and O–H groups in total. The first-order valence-corrected chi connectivity index (χ1v) is 5.37. The maximum atomic E-state index is 12.0. The molecule has 0 spiro atoms. The van der Waals surface area contributed by atoms with E-state index in [1.807, 2.05) is 6.92 Å². The Bertz CT molecular complexity index is 418. The summed E-state index contributed by atoms with van der Waals surface area (Å²) in [5, 5.41) is 21.7. The predicted octanol–water partition coefficient (Wildman–Crippen LogP) is -0.475. The van der Waals surface area contributed by atoms with E-state index < -0.39 is 17.9 Å². The van der Waals surface area contributed by atoms with Gasteiger partial charge in [-0.2, -0.15) is 5.21 Å². The standard InChI is InChI=1S/C9H13N5O3/c1-5-2-3-14(6(4-5)9(16)17)8(15)7-10-12-13-11-7/h5-6H,2-4H2,1H3,(H,16,17)(H,10,11,12,13). The second-order valence-corrected chi connectivity index (χ2v) is 4.22. The number of carboxylic acid groups (broad SMARTS) is 1. The summed E-state index contributed by atoms with van der Waals surface area (Å²) in [6.07, 6.45) is 1.24. The molecule has 0 aromatic carbocycles. The molecule has 1 aromatic rings. The number of tetrazole rings is 1. The number of hydrogen-bond donors (Lipinski definition) is 2. The van der Waals surface area contributed by atoms with Gasteiger partial charge >= 0.3 is 5.97 Å². The van der Waals surface area contributed by atoms with E-state index in [0.29, 0.717) is 18.9 Å². The van der Waals surface area contributed by atoms with E-state index in [2.05, 4.69) is 20.6 Å². The number of carboxylic acids is 1. The molecule has 1 fully saturated rings. The summed E-state index contributed by atoms with van der Waals surface area (Å²) in [6.45, 7) is 2.39. The monoisotopic (exact) mass is 239 g/mol. The molecule has 0 aliphatic carbocycles. The molecule has 1 aliphatic heterocycles. The summed E-state index contributed by atoms with van der Waals surface area (Å²) in [7, 11) is 0. The number of aromatic nitrogens is 4. The predicted molar refractivity (Wildman–Crippen MR) is 55.0 cm³/mol. The Morgan fingerprint density at radius 2 is 2.29 bits per heavy atom. The number of carbonyl (C=O) groups is 2. The number of likely N-dealkylation sites (tertiary alicyclic amines) is 1. The molecule has 1 aliphatic rings. The third-order valence-electron chi connectivity index (χ3n) is 2.95. The summed E-state index contributed by atoms with van der Waals surface area (Å²) in [5.74, 6) is -1.28. The van der Waals surface area contributed by atoms with Crippen LogP contribution in [0.15, 0.2) is 0 Å². The highest BCUT2D eigenvalue weighted by Crippen LogP contribution is 2.23. The molecule has 0 saturated carbocycles. The second kappa shape index (κ2) is 4.48. The van der Waals surface area contributed by atoms with Crippen molar-refractivity contribution in [3.63, 3.8) is 0 Å². The number of nitrogens with one attached hydrogen (secondary N) is 1. The zero-order chi connectivity index (χ0) is 12.4. The largest absolute Gasteiger partial charge is 0.480 e. The first kappa shape index (κ1) is 11.5. The van der Waals surface area contributed by atoms with Crippen LogP contribution in [0.2, 0.25) is 0 Å². The van der Waals surface area contributed by atoms with Gasteiger partial charge in [0, 0.05) is 6.54 Å². The third-order valence-corrected chi connectivity index (χ3v) is 2.95. The van der Waals surface area contributed by atoms with Gasteiger partial charge in [0.15, 0.2) is 0 Å². The fourth-order valence-corrected chi connectivity index (χ4v) is 2.00. The van der Waals surface area contributed by atoms with Crippen LogP contribution in [0.25, 0.3) is 0 Å². The molecule has 1 aromatic heterocycles. The molecule has 2 heterocycles. The molecular weight excluding hydrogens is 226 g/mol. The molecule has 2 atom stereocenters. The molecule has 2 rings (SSSR count). The quantitative estimate of drug-likeness (QED) is 0.721. The van der Waals surface area contributed by atoms with Gasteiger partial charge in [0.05, 0.1) is 0 Å². The van der Waals surface area contributed by atoms with Crippen molar-refractivity contribution in [3.8, 4) is 0 Å². The first-order chi connectivity index (χ1) is 8.09. The van der Waals surface area contributed by atoms with Crippen molar-refractivity contribution >= 4 is 11.9 Å². The van der Waals surface area contributed by atoms with Crippen molar-refractivity contribution in [2.45, 2.75) is 25.8 Å². The minimum absolute atomic E-state index is 0.0918. The van der Waals surface area contributed by atoms with Crippen molar-refractivity contribution in [2.75, 3.05) is 6.54 Å². The summed E-state index contributed by atoms with van der Waals surface area (Å²) in [4.78, 5) is 24.4. The van der Waals surface area contributed by atoms with Gasteiger partial charge in [0.25, 0.3) is 11.7 Å². The topological polar surface area (TPSA) is 112 Å². The molecule has 2 unspecified atom stereocenters. The zero-order valence-corrected chi connectivity index (χ0v) is 9.33. The van der Waals surface area contributed by atoms with Crippen LogP contribution in [0.5, 0.6) is 0 Å². The Hall–Kier alpha value is -1.99. The first-order valence-electron chi connectivity index (χ1n) is 5.37. The van der Waals surface area contributed by atoms with Gasteiger partial charge in [-0.05, 0) is 24.0 Å². The summed E-state index contributed by atoms with van der Waals surface area (Å²) in [6, 6.07) is -0.801. The Morgan fingerprint density at radius 1 is 1.53 bits per heavy atom. The average molecular weight is 239 g/mol. The lowest BCUT2D eigenvalue weighted by molar-refractivity contribution is -0.144. The Balaban J connectivity index is 2.18. The van der Waals surface area contributed by atoms with Crippen LogP contribution in [0.3, 0.4) is 0 Å². The maximum absolute atomic E-state index is 12.0. The molecular formula is C9H13N5O3. The minimum Gasteiger partial charge on any atom is -0.480 e. The number of amides is 1. The molecule has 1 saturated heterocycles. The molecule has 8 heteroatoms. The van der Waals surface area contributed by atoms with Crippen LogP contribution >= 0.6 is 0 Å². The highest BCUT2D eigenvalue weighted by atomic mass is 16.4.